The van der Waals surface area contributed by atoms with Crippen molar-refractivity contribution in [2.45, 2.75) is 52.4 Å². The van der Waals surface area contributed by atoms with E-state index in [1.54, 1.807) is 12.3 Å². The summed E-state index contributed by atoms with van der Waals surface area (Å²) in [5.74, 6) is 0.250. The molecule has 0 fully saturated rings. The van der Waals surface area contributed by atoms with E-state index in [9.17, 15) is 5.11 Å². The highest BCUT2D eigenvalue weighted by atomic mass is 16.3. The predicted octanol–water partition coefficient (Wildman–Crippen LogP) is 5.74. The molecule has 0 unspecified atom stereocenters. The van der Waals surface area contributed by atoms with Crippen LogP contribution in [0.2, 0.25) is 0 Å². The molecule has 2 rings (SSSR count). The van der Waals surface area contributed by atoms with Crippen molar-refractivity contribution in [2.24, 2.45) is 4.99 Å². The molecule has 122 valence electrons. The first kappa shape index (κ1) is 17.3. The molecule has 0 radical (unpaired) electrons. The topological polar surface area (TPSA) is 32.6 Å². The molecule has 0 aromatic heterocycles. The van der Waals surface area contributed by atoms with E-state index >= 15 is 0 Å². The first-order valence-corrected chi connectivity index (χ1v) is 8.06. The van der Waals surface area contributed by atoms with Crippen LogP contribution in [-0.4, -0.2) is 11.3 Å². The Labute approximate surface area is 139 Å². The number of nitrogens with zero attached hydrogens (tertiary/aromatic N) is 1. The van der Waals surface area contributed by atoms with Crippen molar-refractivity contribution < 1.29 is 5.11 Å². The molecule has 0 heterocycles. The van der Waals surface area contributed by atoms with Crippen LogP contribution in [-0.2, 0) is 10.8 Å². The molecule has 0 atom stereocenters. The van der Waals surface area contributed by atoms with Crippen LogP contribution < -0.4 is 0 Å². The number of rotatable bonds is 2. The monoisotopic (exact) mass is 309 g/mol. The number of para-hydroxylation sites is 1. The van der Waals surface area contributed by atoms with Crippen LogP contribution in [0.4, 0.5) is 5.69 Å². The Balaban J connectivity index is 2.52. The van der Waals surface area contributed by atoms with Gasteiger partial charge in [-0.05, 0) is 40.2 Å². The Kier molecular flexibility index (Phi) is 4.65. The number of phenolic OH excluding ortho intramolecular Hbond substituents is 1. The van der Waals surface area contributed by atoms with Crippen LogP contribution in [0.5, 0.6) is 5.75 Å². The normalized spacial score (nSPS) is 12.8. The second-order valence-electron chi connectivity index (χ2n) is 8.05. The molecule has 0 aliphatic rings. The van der Waals surface area contributed by atoms with Crippen molar-refractivity contribution in [1.29, 1.82) is 0 Å². The number of hydrogen-bond acceptors (Lipinski definition) is 2. The number of aliphatic imine (C=N–C) groups is 1. The second-order valence-corrected chi connectivity index (χ2v) is 8.05. The molecule has 0 saturated carbocycles. The SMILES string of the molecule is CC(C)(C)c1ccc(C(C)(C)C)c(N=Cc2ccccc2O)c1. The van der Waals surface area contributed by atoms with E-state index in [1.165, 1.54) is 11.1 Å². The lowest BCUT2D eigenvalue weighted by atomic mass is 9.81. The summed E-state index contributed by atoms with van der Waals surface area (Å²) in [7, 11) is 0. The maximum Gasteiger partial charge on any atom is 0.124 e. The molecule has 0 aliphatic heterocycles. The van der Waals surface area contributed by atoms with Gasteiger partial charge in [0.05, 0.1) is 5.69 Å². The second kappa shape index (κ2) is 6.19. The quantitative estimate of drug-likeness (QED) is 0.705. The summed E-state index contributed by atoms with van der Waals surface area (Å²) in [5, 5.41) is 9.91. The molecule has 0 spiro atoms. The Morgan fingerprint density at radius 2 is 1.52 bits per heavy atom. The third-order valence-electron chi connectivity index (χ3n) is 3.95. The first-order chi connectivity index (χ1) is 10.6. The Morgan fingerprint density at radius 1 is 0.870 bits per heavy atom. The van der Waals surface area contributed by atoms with Gasteiger partial charge in [-0.15, -0.1) is 0 Å². The molecule has 2 nitrogen and oxygen atoms in total. The zero-order chi connectivity index (χ0) is 17.3. The Bertz CT molecular complexity index is 715. The molecule has 0 amide bonds. The standard InChI is InChI=1S/C21H27NO/c1-20(2,3)16-11-12-17(21(4,5)6)18(13-16)22-14-15-9-7-8-10-19(15)23/h7-14,23H,1-6H3. The van der Waals surface area contributed by atoms with E-state index in [2.05, 4.69) is 59.7 Å². The van der Waals surface area contributed by atoms with Crippen LogP contribution in [0.1, 0.15) is 58.2 Å². The minimum atomic E-state index is 0.0157. The zero-order valence-electron chi connectivity index (χ0n) is 15.0. The van der Waals surface area contributed by atoms with Crippen LogP contribution in [0.3, 0.4) is 0 Å². The van der Waals surface area contributed by atoms with E-state index in [0.29, 0.717) is 0 Å². The Hall–Kier alpha value is -2.09. The number of benzene rings is 2. The molecule has 0 bridgehead atoms. The van der Waals surface area contributed by atoms with Gasteiger partial charge in [-0.1, -0.05) is 65.8 Å². The third kappa shape index (κ3) is 4.22. The Morgan fingerprint density at radius 3 is 2.09 bits per heavy atom. The summed E-state index contributed by atoms with van der Waals surface area (Å²) in [5.41, 5.74) is 4.26. The van der Waals surface area contributed by atoms with Crippen molar-refractivity contribution >= 4 is 11.9 Å². The fourth-order valence-corrected chi connectivity index (χ4v) is 2.47. The fourth-order valence-electron chi connectivity index (χ4n) is 2.47. The fraction of sp³-hybridized carbons (Fsp3) is 0.381. The zero-order valence-corrected chi connectivity index (χ0v) is 15.0. The largest absolute Gasteiger partial charge is 0.507 e. The minimum absolute atomic E-state index is 0.0157. The molecule has 2 aromatic rings. The summed E-state index contributed by atoms with van der Waals surface area (Å²) in [6, 6.07) is 13.8. The molecular weight excluding hydrogens is 282 g/mol. The molecule has 2 aromatic carbocycles. The van der Waals surface area contributed by atoms with Gasteiger partial charge in [0.15, 0.2) is 0 Å². The maximum atomic E-state index is 9.91. The summed E-state index contributed by atoms with van der Waals surface area (Å²) < 4.78 is 0. The van der Waals surface area contributed by atoms with Crippen LogP contribution in [0, 0.1) is 0 Å². The van der Waals surface area contributed by atoms with Crippen molar-refractivity contribution in [1.82, 2.24) is 0 Å². The summed E-state index contributed by atoms with van der Waals surface area (Å²) in [6.45, 7) is 13.2. The van der Waals surface area contributed by atoms with Crippen molar-refractivity contribution in [2.75, 3.05) is 0 Å². The number of phenols is 1. The molecule has 0 saturated heterocycles. The third-order valence-corrected chi connectivity index (χ3v) is 3.95. The summed E-state index contributed by atoms with van der Waals surface area (Å²) >= 11 is 0. The van der Waals surface area contributed by atoms with Gasteiger partial charge >= 0.3 is 0 Å². The van der Waals surface area contributed by atoms with E-state index in [-0.39, 0.29) is 16.6 Å². The maximum absolute atomic E-state index is 9.91. The van der Waals surface area contributed by atoms with Crippen LogP contribution in [0.25, 0.3) is 0 Å². The highest BCUT2D eigenvalue weighted by molar-refractivity contribution is 5.85. The lowest BCUT2D eigenvalue weighted by molar-refractivity contribution is 0.474. The highest BCUT2D eigenvalue weighted by Gasteiger charge is 2.21. The van der Waals surface area contributed by atoms with Crippen LogP contribution >= 0.6 is 0 Å². The van der Waals surface area contributed by atoms with E-state index in [0.717, 1.165) is 11.3 Å². The predicted molar refractivity (Wildman–Crippen MR) is 99.2 cm³/mol. The summed E-state index contributed by atoms with van der Waals surface area (Å²) in [4.78, 5) is 4.69. The lowest BCUT2D eigenvalue weighted by Crippen LogP contribution is -2.15. The van der Waals surface area contributed by atoms with E-state index in [4.69, 9.17) is 4.99 Å². The first-order valence-electron chi connectivity index (χ1n) is 8.06. The molecular formula is C21H27NO. The van der Waals surface area contributed by atoms with E-state index in [1.807, 2.05) is 18.2 Å². The molecule has 0 aliphatic carbocycles. The van der Waals surface area contributed by atoms with E-state index < -0.39 is 0 Å². The average molecular weight is 309 g/mol. The van der Waals surface area contributed by atoms with Gasteiger partial charge in [-0.3, -0.25) is 4.99 Å². The van der Waals surface area contributed by atoms with Gasteiger partial charge in [0.25, 0.3) is 0 Å². The lowest BCUT2D eigenvalue weighted by Gasteiger charge is -2.25. The van der Waals surface area contributed by atoms with Crippen molar-refractivity contribution in [3.8, 4) is 5.75 Å². The van der Waals surface area contributed by atoms with Gasteiger partial charge in [-0.2, -0.15) is 0 Å². The van der Waals surface area contributed by atoms with Gasteiger partial charge in [0.2, 0.25) is 0 Å². The average Bonchev–Trinajstić information content (AvgIpc) is 2.44. The number of hydrogen-bond donors (Lipinski definition) is 1. The van der Waals surface area contributed by atoms with Gasteiger partial charge in [0.1, 0.15) is 5.75 Å². The smallest absolute Gasteiger partial charge is 0.124 e. The minimum Gasteiger partial charge on any atom is -0.507 e. The van der Waals surface area contributed by atoms with Gasteiger partial charge < -0.3 is 5.11 Å². The van der Waals surface area contributed by atoms with Crippen molar-refractivity contribution in [3.05, 3.63) is 59.2 Å². The van der Waals surface area contributed by atoms with Gasteiger partial charge in [-0.25, -0.2) is 0 Å². The van der Waals surface area contributed by atoms with Gasteiger partial charge in [0, 0.05) is 11.8 Å². The highest BCUT2D eigenvalue weighted by Crippen LogP contribution is 2.35. The molecule has 23 heavy (non-hydrogen) atoms. The van der Waals surface area contributed by atoms with Crippen molar-refractivity contribution in [3.63, 3.8) is 0 Å². The molecule has 1 N–H and O–H groups in total. The molecule has 2 heteroatoms. The number of aromatic hydroxyl groups is 1. The summed E-state index contributed by atoms with van der Waals surface area (Å²) in [6.07, 6.45) is 1.74. The van der Waals surface area contributed by atoms with Crippen LogP contribution in [0.15, 0.2) is 47.5 Å².